The number of piperazine rings is 2. The van der Waals surface area contributed by atoms with Crippen molar-refractivity contribution >= 4 is 17.5 Å². The van der Waals surface area contributed by atoms with Gasteiger partial charge < -0.3 is 30.7 Å². The van der Waals surface area contributed by atoms with E-state index in [4.69, 9.17) is 5.73 Å². The SMILES string of the molecule is CCN1CCN(c2ccc(C(=O)NC(N)c3ccc(N4CCN(CC)CC4)nc3)cn2)CC1. The highest BCUT2D eigenvalue weighted by molar-refractivity contribution is 5.94. The van der Waals surface area contributed by atoms with Gasteiger partial charge in [-0.2, -0.15) is 0 Å². The molecular weight excluding hydrogens is 416 g/mol. The molecule has 0 bridgehead atoms. The summed E-state index contributed by atoms with van der Waals surface area (Å²) < 4.78 is 0. The third-order valence-electron chi connectivity index (χ3n) is 6.71. The van der Waals surface area contributed by atoms with E-state index in [9.17, 15) is 4.79 Å². The van der Waals surface area contributed by atoms with Gasteiger partial charge >= 0.3 is 0 Å². The van der Waals surface area contributed by atoms with Crippen LogP contribution in [-0.2, 0) is 0 Å². The second-order valence-electron chi connectivity index (χ2n) is 8.65. The second-order valence-corrected chi connectivity index (χ2v) is 8.65. The molecule has 2 aromatic heterocycles. The highest BCUT2D eigenvalue weighted by Gasteiger charge is 2.19. The summed E-state index contributed by atoms with van der Waals surface area (Å²) in [7, 11) is 0. The Morgan fingerprint density at radius 1 is 0.848 bits per heavy atom. The van der Waals surface area contributed by atoms with Crippen LogP contribution in [0.4, 0.5) is 11.6 Å². The largest absolute Gasteiger partial charge is 0.354 e. The van der Waals surface area contributed by atoms with E-state index in [1.807, 2.05) is 24.3 Å². The molecule has 1 amide bonds. The van der Waals surface area contributed by atoms with Crippen molar-refractivity contribution in [2.75, 3.05) is 75.2 Å². The van der Waals surface area contributed by atoms with E-state index in [1.54, 1.807) is 12.4 Å². The number of pyridine rings is 2. The fourth-order valence-corrected chi connectivity index (χ4v) is 4.37. The van der Waals surface area contributed by atoms with E-state index in [1.165, 1.54) is 0 Å². The van der Waals surface area contributed by atoms with Gasteiger partial charge in [0.1, 0.15) is 17.8 Å². The fourth-order valence-electron chi connectivity index (χ4n) is 4.37. The maximum Gasteiger partial charge on any atom is 0.254 e. The molecule has 9 heteroatoms. The molecule has 0 aliphatic carbocycles. The summed E-state index contributed by atoms with van der Waals surface area (Å²) in [5, 5.41) is 2.86. The Morgan fingerprint density at radius 2 is 1.36 bits per heavy atom. The Morgan fingerprint density at radius 3 is 1.79 bits per heavy atom. The van der Waals surface area contributed by atoms with Crippen LogP contribution in [0.1, 0.15) is 35.9 Å². The quantitative estimate of drug-likeness (QED) is 0.605. The average molecular weight is 453 g/mol. The Hall–Kier alpha value is -2.75. The number of hydrogen-bond donors (Lipinski definition) is 2. The topological polar surface area (TPSA) is 93.9 Å². The van der Waals surface area contributed by atoms with Crippen molar-refractivity contribution in [1.82, 2.24) is 25.1 Å². The van der Waals surface area contributed by atoms with Gasteiger partial charge in [-0.25, -0.2) is 9.97 Å². The van der Waals surface area contributed by atoms with Crippen molar-refractivity contribution in [1.29, 1.82) is 0 Å². The van der Waals surface area contributed by atoms with E-state index in [0.717, 1.165) is 82.6 Å². The minimum Gasteiger partial charge on any atom is -0.354 e. The summed E-state index contributed by atoms with van der Waals surface area (Å²) in [5.74, 6) is 1.62. The standard InChI is InChI=1S/C24H36N8O/c1-3-29-9-13-31(14-10-29)21-7-5-19(17-26-21)23(25)28-24(33)20-6-8-22(27-18-20)32-15-11-30(4-2)12-16-32/h5-8,17-18,23H,3-4,9-16,25H2,1-2H3,(H,28,33). The predicted molar refractivity (Wildman–Crippen MR) is 132 cm³/mol. The number of likely N-dealkylation sites (N-methyl/N-ethyl adjacent to an activating group) is 2. The summed E-state index contributed by atoms with van der Waals surface area (Å²) in [6.07, 6.45) is 2.75. The number of anilines is 2. The van der Waals surface area contributed by atoms with Crippen LogP contribution in [-0.4, -0.2) is 91.1 Å². The number of nitrogens with one attached hydrogen (secondary N) is 1. The van der Waals surface area contributed by atoms with Gasteiger partial charge in [0, 0.05) is 70.3 Å². The molecule has 2 aliphatic heterocycles. The van der Waals surface area contributed by atoms with Crippen molar-refractivity contribution in [3.05, 3.63) is 47.8 Å². The zero-order valence-electron chi connectivity index (χ0n) is 19.8. The molecule has 178 valence electrons. The normalized spacial score (nSPS) is 18.9. The van der Waals surface area contributed by atoms with E-state index in [-0.39, 0.29) is 5.91 Å². The molecule has 1 unspecified atom stereocenters. The molecule has 9 nitrogen and oxygen atoms in total. The highest BCUT2D eigenvalue weighted by Crippen LogP contribution is 2.17. The van der Waals surface area contributed by atoms with Gasteiger partial charge in [0.05, 0.1) is 5.56 Å². The lowest BCUT2D eigenvalue weighted by Gasteiger charge is -2.34. The predicted octanol–water partition coefficient (Wildman–Crippen LogP) is 1.15. The molecule has 4 rings (SSSR count). The van der Waals surface area contributed by atoms with Gasteiger partial charge in [0.25, 0.3) is 5.91 Å². The van der Waals surface area contributed by atoms with Gasteiger partial charge in [-0.1, -0.05) is 19.9 Å². The molecule has 1 atom stereocenters. The van der Waals surface area contributed by atoms with Crippen molar-refractivity contribution in [3.8, 4) is 0 Å². The summed E-state index contributed by atoms with van der Waals surface area (Å²) in [4.78, 5) is 31.2. The third kappa shape index (κ3) is 5.79. The summed E-state index contributed by atoms with van der Waals surface area (Å²) in [5.41, 5.74) is 7.52. The number of carbonyl (C=O) groups excluding carboxylic acids is 1. The van der Waals surface area contributed by atoms with E-state index >= 15 is 0 Å². The van der Waals surface area contributed by atoms with Crippen LogP contribution >= 0.6 is 0 Å². The third-order valence-corrected chi connectivity index (χ3v) is 6.71. The maximum absolute atomic E-state index is 12.7. The molecule has 4 heterocycles. The number of aromatic nitrogens is 2. The van der Waals surface area contributed by atoms with Crippen LogP contribution in [0.3, 0.4) is 0 Å². The summed E-state index contributed by atoms with van der Waals surface area (Å²) >= 11 is 0. The molecule has 0 spiro atoms. The first-order valence-corrected chi connectivity index (χ1v) is 12.0. The Balaban J connectivity index is 1.30. The number of hydrogen-bond acceptors (Lipinski definition) is 8. The van der Waals surface area contributed by atoms with Crippen LogP contribution in [0.25, 0.3) is 0 Å². The van der Waals surface area contributed by atoms with Crippen molar-refractivity contribution in [3.63, 3.8) is 0 Å². The molecule has 0 radical (unpaired) electrons. The van der Waals surface area contributed by atoms with E-state index < -0.39 is 6.17 Å². The van der Waals surface area contributed by atoms with Gasteiger partial charge in [-0.15, -0.1) is 0 Å². The summed E-state index contributed by atoms with van der Waals surface area (Å²) in [6.45, 7) is 14.6. The lowest BCUT2D eigenvalue weighted by atomic mass is 10.2. The van der Waals surface area contributed by atoms with Crippen LogP contribution in [0.2, 0.25) is 0 Å². The van der Waals surface area contributed by atoms with Crippen molar-refractivity contribution < 1.29 is 4.79 Å². The molecule has 0 aromatic carbocycles. The molecule has 2 aliphatic rings. The average Bonchev–Trinajstić information content (AvgIpc) is 2.89. The van der Waals surface area contributed by atoms with Gasteiger partial charge in [-0.3, -0.25) is 4.79 Å². The van der Waals surface area contributed by atoms with Crippen LogP contribution in [0, 0.1) is 0 Å². The molecule has 2 fully saturated rings. The Labute approximate surface area is 196 Å². The molecular formula is C24H36N8O. The summed E-state index contributed by atoms with van der Waals surface area (Å²) in [6, 6.07) is 7.65. The number of rotatable bonds is 7. The lowest BCUT2D eigenvalue weighted by molar-refractivity contribution is 0.0937. The van der Waals surface area contributed by atoms with Crippen LogP contribution < -0.4 is 20.9 Å². The first kappa shape index (κ1) is 23.4. The second kappa shape index (κ2) is 10.9. The fraction of sp³-hybridized carbons (Fsp3) is 0.542. The first-order valence-electron chi connectivity index (χ1n) is 12.0. The molecule has 2 aromatic rings. The minimum absolute atomic E-state index is 0.239. The maximum atomic E-state index is 12.7. The number of carbonyl (C=O) groups is 1. The Bertz CT molecular complexity index is 888. The van der Waals surface area contributed by atoms with Crippen LogP contribution in [0.5, 0.6) is 0 Å². The lowest BCUT2D eigenvalue weighted by Crippen LogP contribution is -2.46. The van der Waals surface area contributed by atoms with Gasteiger partial charge in [0.15, 0.2) is 0 Å². The molecule has 0 saturated carbocycles. The zero-order valence-corrected chi connectivity index (χ0v) is 19.8. The number of amides is 1. The van der Waals surface area contributed by atoms with Gasteiger partial charge in [-0.05, 0) is 31.3 Å². The minimum atomic E-state index is -0.627. The number of nitrogens with zero attached hydrogens (tertiary/aromatic N) is 6. The van der Waals surface area contributed by atoms with E-state index in [2.05, 4.69) is 48.7 Å². The first-order chi connectivity index (χ1) is 16.1. The van der Waals surface area contributed by atoms with Crippen molar-refractivity contribution in [2.24, 2.45) is 5.73 Å². The van der Waals surface area contributed by atoms with Crippen LogP contribution in [0.15, 0.2) is 36.7 Å². The number of nitrogens with two attached hydrogens (primary N) is 1. The van der Waals surface area contributed by atoms with Gasteiger partial charge in [0.2, 0.25) is 0 Å². The monoisotopic (exact) mass is 452 g/mol. The van der Waals surface area contributed by atoms with Crippen molar-refractivity contribution in [2.45, 2.75) is 20.0 Å². The van der Waals surface area contributed by atoms with E-state index in [0.29, 0.717) is 5.56 Å². The smallest absolute Gasteiger partial charge is 0.254 e. The Kier molecular flexibility index (Phi) is 7.74. The molecule has 33 heavy (non-hydrogen) atoms. The zero-order chi connectivity index (χ0) is 23.2. The molecule has 2 saturated heterocycles. The highest BCUT2D eigenvalue weighted by atomic mass is 16.1. The molecule has 3 N–H and O–H groups in total.